The van der Waals surface area contributed by atoms with Crippen molar-refractivity contribution in [2.24, 2.45) is 11.3 Å². The van der Waals surface area contributed by atoms with Gasteiger partial charge in [0.15, 0.2) is 0 Å². The summed E-state index contributed by atoms with van der Waals surface area (Å²) < 4.78 is 57.0. The molecule has 0 unspecified atom stereocenters. The Morgan fingerprint density at radius 1 is 1.13 bits per heavy atom. The molecule has 1 fully saturated rings. The van der Waals surface area contributed by atoms with Gasteiger partial charge in [-0.3, -0.25) is 4.90 Å². The Kier molecular flexibility index (Phi) is 8.60. The van der Waals surface area contributed by atoms with Crippen LogP contribution in [-0.2, 0) is 27.1 Å². The van der Waals surface area contributed by atoms with Crippen molar-refractivity contribution in [1.29, 1.82) is 0 Å². The second-order valence-electron chi connectivity index (χ2n) is 10.5. The van der Waals surface area contributed by atoms with Crippen molar-refractivity contribution < 1.29 is 42.1 Å². The van der Waals surface area contributed by atoms with Gasteiger partial charge in [-0.15, -0.1) is 0 Å². The minimum Gasteiger partial charge on any atom is -0.481 e. The Balaban J connectivity index is 2.14. The monoisotopic (exact) mass is 538 g/mol. The normalized spacial score (nSPS) is 22.0. The summed E-state index contributed by atoms with van der Waals surface area (Å²) in [5.74, 6) is -2.05. The summed E-state index contributed by atoms with van der Waals surface area (Å²) in [7, 11) is 1.28. The van der Waals surface area contributed by atoms with Crippen molar-refractivity contribution in [3.8, 4) is 5.88 Å². The number of aliphatic carboxylic acids is 1. The molecular formula is C27H33F3N2O6. The lowest BCUT2D eigenvalue weighted by Gasteiger charge is -2.34. The maximum absolute atomic E-state index is 13.4. The molecule has 1 aromatic carbocycles. The van der Waals surface area contributed by atoms with Crippen LogP contribution in [0.2, 0.25) is 0 Å². The molecule has 0 spiro atoms. The molecule has 208 valence electrons. The van der Waals surface area contributed by atoms with Crippen molar-refractivity contribution >= 4 is 12.1 Å². The number of ether oxygens (including phenoxy) is 3. The summed E-state index contributed by atoms with van der Waals surface area (Å²) in [6.07, 6.45) is -6.21. The highest BCUT2D eigenvalue weighted by atomic mass is 19.4. The molecule has 11 heteroatoms. The van der Waals surface area contributed by atoms with Crippen LogP contribution < -0.4 is 4.74 Å². The number of halogens is 3. The van der Waals surface area contributed by atoms with E-state index in [0.717, 1.165) is 6.07 Å². The van der Waals surface area contributed by atoms with E-state index in [2.05, 4.69) is 4.98 Å². The summed E-state index contributed by atoms with van der Waals surface area (Å²) in [5.41, 5.74) is -1.02. The number of alkyl halides is 3. The summed E-state index contributed by atoms with van der Waals surface area (Å²) >= 11 is 0. The summed E-state index contributed by atoms with van der Waals surface area (Å²) in [6, 6.07) is 7.44. The summed E-state index contributed by atoms with van der Waals surface area (Å²) in [4.78, 5) is 30.9. The topological polar surface area (TPSA) is 98.2 Å². The average Bonchev–Trinajstić information content (AvgIpc) is 3.18. The molecule has 0 aliphatic carbocycles. The first-order valence-electron chi connectivity index (χ1n) is 12.1. The molecule has 0 bridgehead atoms. The van der Waals surface area contributed by atoms with E-state index in [1.54, 1.807) is 44.2 Å². The van der Waals surface area contributed by atoms with Crippen LogP contribution >= 0.6 is 0 Å². The van der Waals surface area contributed by atoms with Gasteiger partial charge in [-0.1, -0.05) is 51.1 Å². The molecule has 1 N–H and O–H groups in total. The fourth-order valence-corrected chi connectivity index (χ4v) is 4.93. The van der Waals surface area contributed by atoms with Gasteiger partial charge in [-0.2, -0.15) is 13.2 Å². The van der Waals surface area contributed by atoms with E-state index >= 15 is 0 Å². The van der Waals surface area contributed by atoms with E-state index in [1.165, 1.54) is 12.0 Å². The van der Waals surface area contributed by atoms with E-state index in [1.807, 2.05) is 20.8 Å². The third-order valence-electron chi connectivity index (χ3n) is 6.42. The van der Waals surface area contributed by atoms with Crippen molar-refractivity contribution in [2.75, 3.05) is 7.11 Å². The molecule has 1 aromatic heterocycles. The number of carbonyl (C=O) groups is 2. The molecule has 3 rings (SSSR count). The second-order valence-corrected chi connectivity index (χ2v) is 10.5. The highest BCUT2D eigenvalue weighted by molar-refractivity contribution is 5.82. The molecule has 1 aliphatic heterocycles. The number of hydrogen-bond acceptors (Lipinski definition) is 6. The van der Waals surface area contributed by atoms with Gasteiger partial charge >= 0.3 is 18.2 Å². The van der Waals surface area contributed by atoms with Crippen LogP contribution in [-0.4, -0.2) is 52.4 Å². The van der Waals surface area contributed by atoms with Crippen molar-refractivity contribution in [3.63, 3.8) is 0 Å². The highest BCUT2D eigenvalue weighted by Gasteiger charge is 2.59. The van der Waals surface area contributed by atoms with E-state index in [9.17, 15) is 27.9 Å². The zero-order valence-electron chi connectivity index (χ0n) is 22.2. The van der Waals surface area contributed by atoms with Gasteiger partial charge in [0.05, 0.1) is 37.5 Å². The second kappa shape index (κ2) is 11.2. The van der Waals surface area contributed by atoms with Gasteiger partial charge in [0, 0.05) is 17.7 Å². The number of pyridine rings is 1. The minimum absolute atomic E-state index is 0.0388. The lowest BCUT2D eigenvalue weighted by Crippen LogP contribution is -2.47. The number of carboxylic acids is 1. The SMILES string of the molecule is COc1ncc(C(F)(F)F)cc1CO[C@H]1[C@H](C(C)(C)C)[C@@H](C(=O)O)N(C(=O)OC(C)C)[C@H]1c1ccccc1. The first-order valence-corrected chi connectivity index (χ1v) is 12.1. The molecule has 1 aliphatic rings. The fraction of sp³-hybridized carbons (Fsp3) is 0.519. The van der Waals surface area contributed by atoms with Gasteiger partial charge in [-0.05, 0) is 30.9 Å². The Hall–Kier alpha value is -3.34. The molecular weight excluding hydrogens is 505 g/mol. The van der Waals surface area contributed by atoms with Crippen LogP contribution in [0.3, 0.4) is 0 Å². The maximum Gasteiger partial charge on any atom is 0.417 e. The van der Waals surface area contributed by atoms with Crippen molar-refractivity contribution in [3.05, 3.63) is 59.3 Å². The Morgan fingerprint density at radius 2 is 1.76 bits per heavy atom. The summed E-state index contributed by atoms with van der Waals surface area (Å²) in [5, 5.41) is 10.3. The fourth-order valence-electron chi connectivity index (χ4n) is 4.93. The summed E-state index contributed by atoms with van der Waals surface area (Å²) in [6.45, 7) is 8.44. The first-order chi connectivity index (χ1) is 17.7. The van der Waals surface area contributed by atoms with Crippen LogP contribution in [0.1, 0.15) is 57.4 Å². The Bertz CT molecular complexity index is 1130. The first kappa shape index (κ1) is 29.2. The van der Waals surface area contributed by atoms with Gasteiger partial charge in [-0.25, -0.2) is 14.6 Å². The van der Waals surface area contributed by atoms with Crippen LogP contribution in [0.5, 0.6) is 5.88 Å². The number of amides is 1. The molecule has 4 atom stereocenters. The van der Waals surface area contributed by atoms with Crippen molar-refractivity contribution in [2.45, 2.75) is 71.7 Å². The molecule has 1 saturated heterocycles. The molecule has 0 radical (unpaired) electrons. The van der Waals surface area contributed by atoms with Gasteiger partial charge in [0.1, 0.15) is 6.04 Å². The lowest BCUT2D eigenvalue weighted by molar-refractivity contribution is -0.145. The van der Waals surface area contributed by atoms with E-state index < -0.39 is 59.4 Å². The number of aromatic nitrogens is 1. The number of carbonyl (C=O) groups excluding carboxylic acids is 1. The molecule has 2 heterocycles. The number of hydrogen-bond donors (Lipinski definition) is 1. The standard InChI is InChI=1S/C27H33F3N2O6/c1-15(2)38-25(35)32-20(16-10-8-7-9-11-16)22(19(26(3,4)5)21(32)24(33)34)37-14-17-12-18(27(28,29)30)13-31-23(17)36-6/h7-13,15,19-22H,14H2,1-6H3,(H,33,34)/t19-,20+,21+,22+/m1/s1. The van der Waals surface area contributed by atoms with Crippen LogP contribution in [0.15, 0.2) is 42.6 Å². The third kappa shape index (κ3) is 6.20. The quantitative estimate of drug-likeness (QED) is 0.482. The molecule has 8 nitrogen and oxygen atoms in total. The zero-order chi connectivity index (χ0) is 28.4. The highest BCUT2D eigenvalue weighted by Crippen LogP contribution is 2.50. The molecule has 2 aromatic rings. The smallest absolute Gasteiger partial charge is 0.417 e. The minimum atomic E-state index is -4.63. The predicted molar refractivity (Wildman–Crippen MR) is 131 cm³/mol. The van der Waals surface area contributed by atoms with E-state index in [0.29, 0.717) is 11.8 Å². The average molecular weight is 539 g/mol. The Labute approximate surface area is 219 Å². The van der Waals surface area contributed by atoms with Crippen LogP contribution in [0.25, 0.3) is 0 Å². The van der Waals surface area contributed by atoms with Gasteiger partial charge in [0.2, 0.25) is 5.88 Å². The lowest BCUT2D eigenvalue weighted by atomic mass is 9.73. The van der Waals surface area contributed by atoms with E-state index in [-0.39, 0.29) is 18.1 Å². The number of benzene rings is 1. The van der Waals surface area contributed by atoms with Crippen molar-refractivity contribution in [1.82, 2.24) is 9.88 Å². The van der Waals surface area contributed by atoms with Gasteiger partial charge < -0.3 is 19.3 Å². The van der Waals surface area contributed by atoms with Crippen LogP contribution in [0.4, 0.5) is 18.0 Å². The molecule has 0 saturated carbocycles. The molecule has 1 amide bonds. The number of carboxylic acid groups (broad SMARTS) is 1. The number of likely N-dealkylation sites (tertiary alicyclic amines) is 1. The molecule has 38 heavy (non-hydrogen) atoms. The number of rotatable bonds is 7. The van der Waals surface area contributed by atoms with Gasteiger partial charge in [0.25, 0.3) is 0 Å². The Morgan fingerprint density at radius 3 is 2.26 bits per heavy atom. The third-order valence-corrected chi connectivity index (χ3v) is 6.42. The van der Waals surface area contributed by atoms with Crippen LogP contribution in [0, 0.1) is 11.3 Å². The largest absolute Gasteiger partial charge is 0.481 e. The predicted octanol–water partition coefficient (Wildman–Crippen LogP) is 5.71. The maximum atomic E-state index is 13.4. The van der Waals surface area contributed by atoms with E-state index in [4.69, 9.17) is 14.2 Å². The zero-order valence-corrected chi connectivity index (χ0v) is 22.2. The number of nitrogens with zero attached hydrogens (tertiary/aromatic N) is 2. The number of methoxy groups -OCH3 is 1.